The molecule has 0 aromatic carbocycles. The van der Waals surface area contributed by atoms with Crippen LogP contribution in [-0.2, 0) is 0 Å². The lowest BCUT2D eigenvalue weighted by Gasteiger charge is -2.30. The van der Waals surface area contributed by atoms with Gasteiger partial charge in [-0.15, -0.1) is 10.2 Å². The molecular weight excluding hydrogens is 334 g/mol. The van der Waals surface area contributed by atoms with Gasteiger partial charge in [0.1, 0.15) is 12.7 Å². The van der Waals surface area contributed by atoms with E-state index in [-0.39, 0.29) is 5.91 Å². The number of rotatable bonds is 2. The van der Waals surface area contributed by atoms with E-state index in [0.717, 1.165) is 30.4 Å². The van der Waals surface area contributed by atoms with Crippen LogP contribution in [0.2, 0.25) is 0 Å². The molecule has 110 valence electrons. The maximum atomic E-state index is 12.5. The number of hydrogen-bond donors (Lipinski definition) is 0. The summed E-state index contributed by atoms with van der Waals surface area (Å²) in [5.41, 5.74) is 0.605. The lowest BCUT2D eigenvalue weighted by atomic mass is 9.99. The number of aromatic nitrogens is 4. The summed E-state index contributed by atoms with van der Waals surface area (Å²) < 4.78 is 2.44. The SMILES string of the molecule is CC1CCN(C(=O)c2cnc(-n3cnnc3)c(Br)c2)CC1. The van der Waals surface area contributed by atoms with Crippen molar-refractivity contribution in [3.8, 4) is 5.82 Å². The minimum absolute atomic E-state index is 0.0467. The number of halogens is 1. The highest BCUT2D eigenvalue weighted by molar-refractivity contribution is 9.10. The molecule has 0 N–H and O–H groups in total. The Balaban J connectivity index is 1.80. The molecule has 6 nitrogen and oxygen atoms in total. The van der Waals surface area contributed by atoms with Crippen molar-refractivity contribution >= 4 is 21.8 Å². The molecule has 2 aromatic rings. The second-order valence-electron chi connectivity index (χ2n) is 5.37. The molecule has 3 heterocycles. The Labute approximate surface area is 131 Å². The van der Waals surface area contributed by atoms with Crippen LogP contribution in [-0.4, -0.2) is 43.6 Å². The first-order valence-electron chi connectivity index (χ1n) is 6.95. The normalized spacial score (nSPS) is 16.2. The molecule has 1 aliphatic rings. The zero-order valence-corrected chi connectivity index (χ0v) is 13.3. The predicted molar refractivity (Wildman–Crippen MR) is 81.2 cm³/mol. The topological polar surface area (TPSA) is 63.9 Å². The quantitative estimate of drug-likeness (QED) is 0.834. The lowest BCUT2D eigenvalue weighted by Crippen LogP contribution is -2.38. The van der Waals surface area contributed by atoms with Crippen molar-refractivity contribution in [3.63, 3.8) is 0 Å². The molecule has 0 aliphatic carbocycles. The maximum absolute atomic E-state index is 12.5. The Morgan fingerprint density at radius 3 is 2.57 bits per heavy atom. The Bertz CT molecular complexity index is 635. The second-order valence-corrected chi connectivity index (χ2v) is 6.23. The van der Waals surface area contributed by atoms with Crippen molar-refractivity contribution in [1.82, 2.24) is 24.6 Å². The van der Waals surface area contributed by atoms with Crippen molar-refractivity contribution in [1.29, 1.82) is 0 Å². The molecule has 21 heavy (non-hydrogen) atoms. The van der Waals surface area contributed by atoms with Gasteiger partial charge in [-0.2, -0.15) is 0 Å². The number of piperidine rings is 1. The zero-order valence-electron chi connectivity index (χ0n) is 11.7. The third-order valence-corrected chi connectivity index (χ3v) is 4.39. The van der Waals surface area contributed by atoms with E-state index in [9.17, 15) is 4.79 Å². The van der Waals surface area contributed by atoms with Crippen LogP contribution in [0, 0.1) is 5.92 Å². The van der Waals surface area contributed by atoms with E-state index in [0.29, 0.717) is 17.3 Å². The smallest absolute Gasteiger partial charge is 0.255 e. The van der Waals surface area contributed by atoms with Crippen LogP contribution in [0.5, 0.6) is 0 Å². The number of nitrogens with zero attached hydrogens (tertiary/aromatic N) is 5. The van der Waals surface area contributed by atoms with E-state index in [1.54, 1.807) is 23.4 Å². The summed E-state index contributed by atoms with van der Waals surface area (Å²) in [6, 6.07) is 1.81. The Kier molecular flexibility index (Phi) is 4.01. The van der Waals surface area contributed by atoms with Gasteiger partial charge in [-0.1, -0.05) is 6.92 Å². The molecule has 0 saturated carbocycles. The third-order valence-electron chi connectivity index (χ3n) is 3.80. The van der Waals surface area contributed by atoms with Gasteiger partial charge in [0, 0.05) is 19.3 Å². The van der Waals surface area contributed by atoms with Crippen LogP contribution < -0.4 is 0 Å². The van der Waals surface area contributed by atoms with Crippen molar-refractivity contribution in [2.24, 2.45) is 5.92 Å². The Hall–Kier alpha value is -1.76. The third kappa shape index (κ3) is 2.97. The number of amides is 1. The van der Waals surface area contributed by atoms with Crippen molar-refractivity contribution < 1.29 is 4.79 Å². The number of pyridine rings is 1. The first-order chi connectivity index (χ1) is 10.1. The highest BCUT2D eigenvalue weighted by Gasteiger charge is 2.22. The maximum Gasteiger partial charge on any atom is 0.255 e. The Morgan fingerprint density at radius 2 is 1.95 bits per heavy atom. The van der Waals surface area contributed by atoms with Crippen molar-refractivity contribution in [3.05, 3.63) is 35.0 Å². The fourth-order valence-electron chi connectivity index (χ4n) is 2.44. The summed E-state index contributed by atoms with van der Waals surface area (Å²) in [7, 11) is 0. The minimum Gasteiger partial charge on any atom is -0.339 e. The Morgan fingerprint density at radius 1 is 1.29 bits per heavy atom. The summed E-state index contributed by atoms with van der Waals surface area (Å²) in [6.45, 7) is 3.88. The van der Waals surface area contributed by atoms with Gasteiger partial charge in [-0.3, -0.25) is 9.36 Å². The molecule has 0 radical (unpaired) electrons. The lowest BCUT2D eigenvalue weighted by molar-refractivity contribution is 0.0696. The molecular formula is C14H16BrN5O. The molecule has 1 aliphatic heterocycles. The summed E-state index contributed by atoms with van der Waals surface area (Å²) in [4.78, 5) is 18.7. The number of carbonyl (C=O) groups excluding carboxylic acids is 1. The molecule has 0 bridgehead atoms. The van der Waals surface area contributed by atoms with Crippen molar-refractivity contribution in [2.75, 3.05) is 13.1 Å². The number of likely N-dealkylation sites (tertiary alicyclic amines) is 1. The molecule has 7 heteroatoms. The summed E-state index contributed by atoms with van der Waals surface area (Å²) in [6.07, 6.45) is 6.89. The van der Waals surface area contributed by atoms with E-state index >= 15 is 0 Å². The van der Waals surface area contributed by atoms with E-state index in [2.05, 4.69) is 38.0 Å². The van der Waals surface area contributed by atoms with Gasteiger partial charge in [0.2, 0.25) is 0 Å². The monoisotopic (exact) mass is 349 g/mol. The van der Waals surface area contributed by atoms with Crippen LogP contribution in [0.1, 0.15) is 30.1 Å². The highest BCUT2D eigenvalue weighted by Crippen LogP contribution is 2.22. The van der Waals surface area contributed by atoms with Gasteiger partial charge >= 0.3 is 0 Å². The second kappa shape index (κ2) is 5.93. The van der Waals surface area contributed by atoms with E-state index in [1.807, 2.05) is 11.0 Å². The van der Waals surface area contributed by atoms with Gasteiger partial charge < -0.3 is 4.90 Å². The van der Waals surface area contributed by atoms with E-state index in [1.165, 1.54) is 0 Å². The molecule has 2 aromatic heterocycles. The number of hydrogen-bond acceptors (Lipinski definition) is 4. The van der Waals surface area contributed by atoms with Gasteiger partial charge in [-0.25, -0.2) is 4.98 Å². The zero-order chi connectivity index (χ0) is 14.8. The average molecular weight is 350 g/mol. The van der Waals surface area contributed by atoms with Crippen LogP contribution >= 0.6 is 15.9 Å². The van der Waals surface area contributed by atoms with Gasteiger partial charge in [0.25, 0.3) is 5.91 Å². The van der Waals surface area contributed by atoms with Crippen LogP contribution in [0.15, 0.2) is 29.4 Å². The van der Waals surface area contributed by atoms with E-state index < -0.39 is 0 Å². The summed E-state index contributed by atoms with van der Waals surface area (Å²) >= 11 is 3.46. The molecule has 1 saturated heterocycles. The predicted octanol–water partition coefficient (Wildman–Crippen LogP) is 2.30. The van der Waals surface area contributed by atoms with E-state index in [4.69, 9.17) is 0 Å². The minimum atomic E-state index is 0.0467. The molecule has 3 rings (SSSR count). The molecule has 1 amide bonds. The van der Waals surface area contributed by atoms with Crippen molar-refractivity contribution in [2.45, 2.75) is 19.8 Å². The average Bonchev–Trinajstić information content (AvgIpc) is 3.01. The highest BCUT2D eigenvalue weighted by atomic mass is 79.9. The first-order valence-corrected chi connectivity index (χ1v) is 7.74. The van der Waals surface area contributed by atoms with Gasteiger partial charge in [0.15, 0.2) is 5.82 Å². The first kappa shape index (κ1) is 14.2. The standard InChI is InChI=1S/C14H16BrN5O/c1-10-2-4-19(5-3-10)14(21)11-6-12(15)13(16-7-11)20-8-17-18-9-20/h6-10H,2-5H2,1H3. The van der Waals surface area contributed by atoms with Gasteiger partial charge in [-0.05, 0) is 40.8 Å². The van der Waals surface area contributed by atoms with Crippen LogP contribution in [0.4, 0.5) is 0 Å². The summed E-state index contributed by atoms with van der Waals surface area (Å²) in [5.74, 6) is 1.42. The molecule has 1 fully saturated rings. The van der Waals surface area contributed by atoms with Gasteiger partial charge in [0.05, 0.1) is 10.0 Å². The molecule has 0 atom stereocenters. The van der Waals surface area contributed by atoms with Crippen LogP contribution in [0.3, 0.4) is 0 Å². The fourth-order valence-corrected chi connectivity index (χ4v) is 3.00. The summed E-state index contributed by atoms with van der Waals surface area (Å²) in [5, 5.41) is 7.51. The van der Waals surface area contributed by atoms with Crippen LogP contribution in [0.25, 0.3) is 5.82 Å². The molecule has 0 unspecified atom stereocenters. The molecule has 0 spiro atoms. The number of carbonyl (C=O) groups is 1. The largest absolute Gasteiger partial charge is 0.339 e. The fraction of sp³-hybridized carbons (Fsp3) is 0.429.